The number of halogens is 3. The van der Waals surface area contributed by atoms with Crippen LogP contribution in [0.3, 0.4) is 0 Å². The Morgan fingerprint density at radius 2 is 1.69 bits per heavy atom. The quantitative estimate of drug-likeness (QED) is 0.328. The number of amides is 1. The Morgan fingerprint density at radius 1 is 0.972 bits per heavy atom. The van der Waals surface area contributed by atoms with Gasteiger partial charge in [-0.15, -0.1) is 0 Å². The van der Waals surface area contributed by atoms with E-state index in [9.17, 15) is 26.4 Å². The topological polar surface area (TPSA) is 100 Å². The van der Waals surface area contributed by atoms with Gasteiger partial charge in [0.15, 0.2) is 0 Å². The third kappa shape index (κ3) is 5.47. The van der Waals surface area contributed by atoms with Gasteiger partial charge >= 0.3 is 6.18 Å². The molecule has 7 nitrogen and oxygen atoms in total. The maximum absolute atomic E-state index is 13.2. The number of hydrogen-bond acceptors (Lipinski definition) is 5. The van der Waals surface area contributed by atoms with Crippen LogP contribution in [0.15, 0.2) is 84.0 Å². The zero-order valence-electron chi connectivity index (χ0n) is 18.9. The molecule has 3 aromatic carbocycles. The Kier molecular flexibility index (Phi) is 6.95. The number of alkyl halides is 3. The summed E-state index contributed by atoms with van der Waals surface area (Å²) in [5, 5.41) is 7.48. The van der Waals surface area contributed by atoms with Gasteiger partial charge in [-0.3, -0.25) is 9.78 Å². The maximum Gasteiger partial charge on any atom is 0.416 e. The van der Waals surface area contributed by atoms with E-state index in [1.807, 2.05) is 24.3 Å². The highest BCUT2D eigenvalue weighted by Crippen LogP contribution is 2.31. The lowest BCUT2D eigenvalue weighted by atomic mass is 10.1. The van der Waals surface area contributed by atoms with E-state index >= 15 is 0 Å². The van der Waals surface area contributed by atoms with E-state index in [-0.39, 0.29) is 22.7 Å². The van der Waals surface area contributed by atoms with Gasteiger partial charge in [0.05, 0.1) is 21.7 Å². The Hall–Kier alpha value is -3.96. The number of nitrogens with zero attached hydrogens (tertiary/aromatic N) is 1. The highest BCUT2D eigenvalue weighted by Gasteiger charge is 2.30. The van der Waals surface area contributed by atoms with Crippen LogP contribution < -0.4 is 15.4 Å². The highest BCUT2D eigenvalue weighted by molar-refractivity contribution is 7.89. The van der Waals surface area contributed by atoms with Crippen molar-refractivity contribution in [3.63, 3.8) is 0 Å². The van der Waals surface area contributed by atoms with E-state index in [1.165, 1.54) is 37.4 Å². The van der Waals surface area contributed by atoms with Crippen molar-refractivity contribution in [1.29, 1.82) is 0 Å². The van der Waals surface area contributed by atoms with E-state index in [2.05, 4.69) is 20.3 Å². The summed E-state index contributed by atoms with van der Waals surface area (Å²) in [6.07, 6.45) is -1.14. The lowest BCUT2D eigenvalue weighted by molar-refractivity contribution is -0.137. The number of benzene rings is 3. The van der Waals surface area contributed by atoms with E-state index in [0.29, 0.717) is 5.69 Å². The molecular weight excluding hydrogens is 493 g/mol. The normalized spacial score (nSPS) is 11.9. The average molecular weight is 515 g/mol. The second-order valence-electron chi connectivity index (χ2n) is 7.82. The van der Waals surface area contributed by atoms with E-state index in [1.54, 1.807) is 12.4 Å². The molecule has 0 aliphatic carbocycles. The summed E-state index contributed by atoms with van der Waals surface area (Å²) in [5.41, 5.74) is 0.458. The van der Waals surface area contributed by atoms with Crippen LogP contribution in [-0.2, 0) is 22.7 Å². The zero-order valence-corrected chi connectivity index (χ0v) is 19.7. The van der Waals surface area contributed by atoms with E-state index in [4.69, 9.17) is 0 Å². The minimum Gasteiger partial charge on any atom is -0.355 e. The van der Waals surface area contributed by atoms with Gasteiger partial charge in [-0.2, -0.15) is 13.2 Å². The van der Waals surface area contributed by atoms with Crippen molar-refractivity contribution in [2.45, 2.75) is 17.6 Å². The number of fused-ring (bicyclic) bond motifs is 1. The van der Waals surface area contributed by atoms with Gasteiger partial charge in [0.2, 0.25) is 10.0 Å². The summed E-state index contributed by atoms with van der Waals surface area (Å²) in [7, 11) is -2.61. The van der Waals surface area contributed by atoms with Crippen molar-refractivity contribution >= 4 is 38.1 Å². The second-order valence-corrected chi connectivity index (χ2v) is 9.70. The fourth-order valence-corrected chi connectivity index (χ4v) is 4.35. The summed E-state index contributed by atoms with van der Waals surface area (Å²) in [6, 6.07) is 15.7. The van der Waals surface area contributed by atoms with Crippen LogP contribution in [0.5, 0.6) is 0 Å². The predicted molar refractivity (Wildman–Crippen MR) is 130 cm³/mol. The summed E-state index contributed by atoms with van der Waals surface area (Å²) < 4.78 is 65.5. The number of carbonyl (C=O) groups is 1. The van der Waals surface area contributed by atoms with Gasteiger partial charge in [0.1, 0.15) is 0 Å². The van der Waals surface area contributed by atoms with Crippen LogP contribution >= 0.6 is 0 Å². The molecule has 0 unspecified atom stereocenters. The van der Waals surface area contributed by atoms with Crippen molar-refractivity contribution in [3.05, 3.63) is 95.8 Å². The summed E-state index contributed by atoms with van der Waals surface area (Å²) in [5.74, 6) is -0.578. The molecule has 0 saturated heterocycles. The molecule has 0 spiro atoms. The SMILES string of the molecule is CNS(=O)(=O)c1ccc(Nc2ccc(C(F)(F)F)cc2)c(C(=O)NCc2cncc3ccccc23)c1. The lowest BCUT2D eigenvalue weighted by Crippen LogP contribution is -2.25. The molecule has 0 aliphatic rings. The predicted octanol–water partition coefficient (Wildman–Crippen LogP) is 4.84. The number of anilines is 2. The smallest absolute Gasteiger partial charge is 0.355 e. The van der Waals surface area contributed by atoms with Crippen molar-refractivity contribution in [1.82, 2.24) is 15.0 Å². The number of sulfonamides is 1. The molecule has 1 aromatic heterocycles. The Balaban J connectivity index is 1.64. The third-order valence-corrected chi connectivity index (χ3v) is 6.91. The van der Waals surface area contributed by atoms with E-state index < -0.39 is 27.7 Å². The molecule has 0 aliphatic heterocycles. The fraction of sp³-hybridized carbons (Fsp3) is 0.120. The number of aromatic nitrogens is 1. The van der Waals surface area contributed by atoms with Crippen molar-refractivity contribution < 1.29 is 26.4 Å². The molecule has 0 radical (unpaired) electrons. The van der Waals surface area contributed by atoms with Gasteiger partial charge in [-0.1, -0.05) is 24.3 Å². The molecule has 0 fully saturated rings. The molecule has 36 heavy (non-hydrogen) atoms. The van der Waals surface area contributed by atoms with Crippen molar-refractivity contribution in [2.75, 3.05) is 12.4 Å². The number of hydrogen-bond donors (Lipinski definition) is 3. The molecule has 0 atom stereocenters. The van der Waals surface area contributed by atoms with Gasteiger partial charge < -0.3 is 10.6 Å². The molecule has 0 bridgehead atoms. The highest BCUT2D eigenvalue weighted by atomic mass is 32.2. The Bertz CT molecular complexity index is 1520. The second kappa shape index (κ2) is 9.96. The fourth-order valence-electron chi connectivity index (χ4n) is 3.59. The summed E-state index contributed by atoms with van der Waals surface area (Å²) in [4.78, 5) is 17.2. The molecular formula is C25H21F3N4O3S. The van der Waals surface area contributed by atoms with Crippen LogP contribution in [0, 0.1) is 0 Å². The Morgan fingerprint density at radius 3 is 2.39 bits per heavy atom. The van der Waals surface area contributed by atoms with Crippen LogP contribution in [0.25, 0.3) is 10.8 Å². The number of nitrogens with one attached hydrogen (secondary N) is 3. The lowest BCUT2D eigenvalue weighted by Gasteiger charge is -2.15. The largest absolute Gasteiger partial charge is 0.416 e. The zero-order chi connectivity index (χ0) is 25.9. The first-order chi connectivity index (χ1) is 17.1. The Labute approximate surface area is 205 Å². The summed E-state index contributed by atoms with van der Waals surface area (Å²) in [6.45, 7) is 0.121. The third-order valence-electron chi connectivity index (χ3n) is 5.50. The number of carbonyl (C=O) groups excluding carboxylic acids is 1. The van der Waals surface area contributed by atoms with Crippen LogP contribution in [-0.4, -0.2) is 26.4 Å². The molecule has 186 valence electrons. The van der Waals surface area contributed by atoms with E-state index in [0.717, 1.165) is 28.5 Å². The number of pyridine rings is 1. The molecule has 1 heterocycles. The first-order valence-electron chi connectivity index (χ1n) is 10.7. The minimum atomic E-state index is -4.48. The van der Waals surface area contributed by atoms with Crippen LogP contribution in [0.4, 0.5) is 24.5 Å². The van der Waals surface area contributed by atoms with Gasteiger partial charge in [-0.05, 0) is 60.5 Å². The molecule has 4 aromatic rings. The summed E-state index contributed by atoms with van der Waals surface area (Å²) >= 11 is 0. The van der Waals surface area contributed by atoms with Gasteiger partial charge in [0, 0.05) is 30.0 Å². The molecule has 11 heteroatoms. The monoisotopic (exact) mass is 514 g/mol. The number of rotatable bonds is 7. The first-order valence-corrected chi connectivity index (χ1v) is 12.2. The van der Waals surface area contributed by atoms with Gasteiger partial charge in [-0.25, -0.2) is 13.1 Å². The molecule has 3 N–H and O–H groups in total. The average Bonchev–Trinajstić information content (AvgIpc) is 2.87. The van der Waals surface area contributed by atoms with Gasteiger partial charge in [0.25, 0.3) is 5.91 Å². The first kappa shape index (κ1) is 25.1. The molecule has 0 saturated carbocycles. The van der Waals surface area contributed by atoms with Crippen molar-refractivity contribution in [2.24, 2.45) is 0 Å². The van der Waals surface area contributed by atoms with Crippen LogP contribution in [0.2, 0.25) is 0 Å². The standard InChI is InChI=1S/C25H21F3N4O3S/c1-29-36(34,35)20-10-11-23(32-19-8-6-18(7-9-19)25(26,27)28)22(12-20)24(33)31-15-17-14-30-13-16-4-2-3-5-21(16)17/h2-14,29,32H,15H2,1H3,(H,31,33). The van der Waals surface area contributed by atoms with Crippen molar-refractivity contribution in [3.8, 4) is 0 Å². The molecule has 4 rings (SSSR count). The molecule has 1 amide bonds. The minimum absolute atomic E-state index is 0.000538. The van der Waals surface area contributed by atoms with Crippen LogP contribution in [0.1, 0.15) is 21.5 Å². The maximum atomic E-state index is 13.2.